The van der Waals surface area contributed by atoms with Crippen molar-refractivity contribution in [2.24, 2.45) is 0 Å². The first kappa shape index (κ1) is 14.8. The van der Waals surface area contributed by atoms with E-state index in [1.807, 2.05) is 23.7 Å². The number of halogens is 2. The standard InChI is InChI=1S/C14H16Cl2N2S/c1-3-13(11-5-4-10(15)8-12(11)16)18-9(2)14-17-6-7-19-14/h4-9,13,18H,3H2,1-2H3. The van der Waals surface area contributed by atoms with Gasteiger partial charge in [-0.25, -0.2) is 4.98 Å². The minimum atomic E-state index is 0.198. The highest BCUT2D eigenvalue weighted by atomic mass is 35.5. The molecule has 0 radical (unpaired) electrons. The Kier molecular flexibility index (Phi) is 5.22. The first-order chi connectivity index (χ1) is 9.11. The number of nitrogens with zero attached hydrogens (tertiary/aromatic N) is 1. The molecule has 2 aromatic rings. The Balaban J connectivity index is 2.16. The van der Waals surface area contributed by atoms with Gasteiger partial charge in [-0.2, -0.15) is 0 Å². The molecule has 102 valence electrons. The number of thiazole rings is 1. The summed E-state index contributed by atoms with van der Waals surface area (Å²) >= 11 is 13.9. The van der Waals surface area contributed by atoms with E-state index in [0.717, 1.165) is 17.0 Å². The fourth-order valence-electron chi connectivity index (χ4n) is 2.03. The summed E-state index contributed by atoms with van der Waals surface area (Å²) in [6.45, 7) is 4.25. The molecule has 1 N–H and O–H groups in total. The lowest BCUT2D eigenvalue weighted by Gasteiger charge is -2.22. The van der Waals surface area contributed by atoms with Crippen LogP contribution in [0.15, 0.2) is 29.8 Å². The predicted molar refractivity (Wildman–Crippen MR) is 83.2 cm³/mol. The van der Waals surface area contributed by atoms with E-state index < -0.39 is 0 Å². The van der Waals surface area contributed by atoms with Gasteiger partial charge in [-0.3, -0.25) is 0 Å². The van der Waals surface area contributed by atoms with E-state index in [4.69, 9.17) is 23.2 Å². The minimum Gasteiger partial charge on any atom is -0.301 e. The molecule has 19 heavy (non-hydrogen) atoms. The Labute approximate surface area is 127 Å². The van der Waals surface area contributed by atoms with Crippen LogP contribution < -0.4 is 5.32 Å². The molecule has 2 unspecified atom stereocenters. The summed E-state index contributed by atoms with van der Waals surface area (Å²) in [6, 6.07) is 6.05. The first-order valence-corrected chi connectivity index (χ1v) is 7.85. The van der Waals surface area contributed by atoms with E-state index in [-0.39, 0.29) is 12.1 Å². The Hall–Kier alpha value is -0.610. The van der Waals surface area contributed by atoms with Crippen LogP contribution in [0.2, 0.25) is 10.0 Å². The molecule has 0 aliphatic rings. The highest BCUT2D eigenvalue weighted by Gasteiger charge is 2.17. The third-order valence-electron chi connectivity index (χ3n) is 3.02. The molecule has 0 aliphatic heterocycles. The molecule has 1 heterocycles. The number of hydrogen-bond acceptors (Lipinski definition) is 3. The van der Waals surface area contributed by atoms with Crippen molar-refractivity contribution < 1.29 is 0 Å². The molecule has 2 rings (SSSR count). The average Bonchev–Trinajstić information content (AvgIpc) is 2.90. The fraction of sp³-hybridized carbons (Fsp3) is 0.357. The van der Waals surface area contributed by atoms with Crippen LogP contribution in [0, 0.1) is 0 Å². The molecule has 0 bridgehead atoms. The van der Waals surface area contributed by atoms with Gasteiger partial charge in [-0.1, -0.05) is 36.2 Å². The van der Waals surface area contributed by atoms with Gasteiger partial charge in [0, 0.05) is 27.7 Å². The second-order valence-electron chi connectivity index (χ2n) is 4.39. The summed E-state index contributed by atoms with van der Waals surface area (Å²) in [4.78, 5) is 4.34. The molecule has 1 aromatic carbocycles. The maximum atomic E-state index is 6.27. The van der Waals surface area contributed by atoms with Crippen molar-refractivity contribution in [1.29, 1.82) is 0 Å². The maximum Gasteiger partial charge on any atom is 0.109 e. The van der Waals surface area contributed by atoms with Crippen molar-refractivity contribution in [2.45, 2.75) is 32.4 Å². The summed E-state index contributed by atoms with van der Waals surface area (Å²) in [5.74, 6) is 0. The van der Waals surface area contributed by atoms with E-state index in [2.05, 4.69) is 24.1 Å². The van der Waals surface area contributed by atoms with Crippen LogP contribution in [0.1, 0.15) is 42.9 Å². The van der Waals surface area contributed by atoms with Crippen LogP contribution in [-0.4, -0.2) is 4.98 Å². The minimum absolute atomic E-state index is 0.198. The Morgan fingerprint density at radius 1 is 1.37 bits per heavy atom. The molecular formula is C14H16Cl2N2S. The van der Waals surface area contributed by atoms with Crippen molar-refractivity contribution in [3.63, 3.8) is 0 Å². The van der Waals surface area contributed by atoms with E-state index in [1.54, 1.807) is 17.4 Å². The quantitative estimate of drug-likeness (QED) is 0.815. The highest BCUT2D eigenvalue weighted by Crippen LogP contribution is 2.30. The summed E-state index contributed by atoms with van der Waals surface area (Å²) < 4.78 is 0. The molecular weight excluding hydrogens is 299 g/mol. The third-order valence-corrected chi connectivity index (χ3v) is 4.54. The third kappa shape index (κ3) is 3.69. The van der Waals surface area contributed by atoms with Gasteiger partial charge in [0.15, 0.2) is 0 Å². The number of hydrogen-bond donors (Lipinski definition) is 1. The topological polar surface area (TPSA) is 24.9 Å². The lowest BCUT2D eigenvalue weighted by molar-refractivity contribution is 0.455. The summed E-state index contributed by atoms with van der Waals surface area (Å²) in [5.41, 5.74) is 1.08. The average molecular weight is 315 g/mol. The molecule has 2 nitrogen and oxygen atoms in total. The van der Waals surface area contributed by atoms with Gasteiger partial charge in [0.2, 0.25) is 0 Å². The summed E-state index contributed by atoms with van der Waals surface area (Å²) in [5, 5.41) is 8.01. The Morgan fingerprint density at radius 2 is 2.16 bits per heavy atom. The van der Waals surface area contributed by atoms with Gasteiger partial charge in [-0.15, -0.1) is 11.3 Å². The number of benzene rings is 1. The first-order valence-electron chi connectivity index (χ1n) is 6.22. The van der Waals surface area contributed by atoms with E-state index in [9.17, 15) is 0 Å². The van der Waals surface area contributed by atoms with Crippen LogP contribution in [0.25, 0.3) is 0 Å². The molecule has 1 aromatic heterocycles. The zero-order chi connectivity index (χ0) is 13.8. The molecule has 0 amide bonds. The van der Waals surface area contributed by atoms with Crippen molar-refractivity contribution in [3.8, 4) is 0 Å². The van der Waals surface area contributed by atoms with Gasteiger partial charge in [-0.05, 0) is 31.0 Å². The monoisotopic (exact) mass is 314 g/mol. The number of aromatic nitrogens is 1. The lowest BCUT2D eigenvalue weighted by Crippen LogP contribution is -2.24. The van der Waals surface area contributed by atoms with Crippen LogP contribution in [-0.2, 0) is 0 Å². The summed E-state index contributed by atoms with van der Waals surface area (Å²) in [6.07, 6.45) is 2.78. The Morgan fingerprint density at radius 3 is 2.74 bits per heavy atom. The molecule has 5 heteroatoms. The van der Waals surface area contributed by atoms with E-state index in [1.165, 1.54) is 0 Å². The maximum absolute atomic E-state index is 6.27. The van der Waals surface area contributed by atoms with Crippen molar-refractivity contribution >= 4 is 34.5 Å². The highest BCUT2D eigenvalue weighted by molar-refractivity contribution is 7.09. The second kappa shape index (κ2) is 6.71. The van der Waals surface area contributed by atoms with Gasteiger partial charge < -0.3 is 5.32 Å². The van der Waals surface area contributed by atoms with Crippen LogP contribution in [0.5, 0.6) is 0 Å². The lowest BCUT2D eigenvalue weighted by atomic mass is 10.0. The second-order valence-corrected chi connectivity index (χ2v) is 6.16. The van der Waals surface area contributed by atoms with Crippen molar-refractivity contribution in [3.05, 3.63) is 50.4 Å². The molecule has 0 spiro atoms. The van der Waals surface area contributed by atoms with Crippen molar-refractivity contribution in [2.75, 3.05) is 0 Å². The molecule has 0 aliphatic carbocycles. The molecule has 0 saturated heterocycles. The molecule has 0 fully saturated rings. The van der Waals surface area contributed by atoms with E-state index >= 15 is 0 Å². The molecule has 2 atom stereocenters. The van der Waals surface area contributed by atoms with Crippen molar-refractivity contribution in [1.82, 2.24) is 10.3 Å². The van der Waals surface area contributed by atoms with Gasteiger partial charge in [0.1, 0.15) is 5.01 Å². The predicted octanol–water partition coefficient (Wildman–Crippen LogP) is 5.25. The fourth-order valence-corrected chi connectivity index (χ4v) is 3.23. The van der Waals surface area contributed by atoms with Gasteiger partial charge in [0.05, 0.1) is 6.04 Å². The van der Waals surface area contributed by atoms with Gasteiger partial charge in [0.25, 0.3) is 0 Å². The van der Waals surface area contributed by atoms with Crippen LogP contribution >= 0.6 is 34.5 Å². The Bertz CT molecular complexity index is 528. The summed E-state index contributed by atoms with van der Waals surface area (Å²) in [7, 11) is 0. The van der Waals surface area contributed by atoms with Gasteiger partial charge >= 0.3 is 0 Å². The SMILES string of the molecule is CCC(NC(C)c1nccs1)c1ccc(Cl)cc1Cl. The van der Waals surface area contributed by atoms with Crippen LogP contribution in [0.3, 0.4) is 0 Å². The number of rotatable bonds is 5. The largest absolute Gasteiger partial charge is 0.301 e. The molecule has 0 saturated carbocycles. The number of nitrogens with one attached hydrogen (secondary N) is 1. The normalized spacial score (nSPS) is 14.3. The zero-order valence-electron chi connectivity index (χ0n) is 10.9. The zero-order valence-corrected chi connectivity index (χ0v) is 13.2. The van der Waals surface area contributed by atoms with E-state index in [0.29, 0.717) is 10.0 Å². The van der Waals surface area contributed by atoms with Crippen LogP contribution in [0.4, 0.5) is 0 Å². The smallest absolute Gasteiger partial charge is 0.109 e.